The third-order valence-corrected chi connectivity index (χ3v) is 4.75. The minimum absolute atomic E-state index is 0.739. The minimum Gasteiger partial charge on any atom is -0.315 e. The summed E-state index contributed by atoms with van der Waals surface area (Å²) in [5.74, 6) is 0.960. The second kappa shape index (κ2) is 10.7. The van der Waals surface area contributed by atoms with Crippen molar-refractivity contribution in [3.63, 3.8) is 0 Å². The average molecular weight is 268 g/mol. The summed E-state index contributed by atoms with van der Waals surface area (Å²) >= 11 is 0. The van der Waals surface area contributed by atoms with E-state index in [9.17, 15) is 0 Å². The smallest absolute Gasteiger partial charge is 0.0110 e. The largest absolute Gasteiger partial charge is 0.315 e. The molecule has 19 heavy (non-hydrogen) atoms. The third kappa shape index (κ3) is 7.31. The molecule has 0 aromatic heterocycles. The Morgan fingerprint density at radius 2 is 1.84 bits per heavy atom. The summed E-state index contributed by atoms with van der Waals surface area (Å²) in [6.45, 7) is 11.9. The number of hydrogen-bond donors (Lipinski definition) is 1. The van der Waals surface area contributed by atoms with Gasteiger partial charge in [0.05, 0.1) is 0 Å². The molecule has 1 saturated carbocycles. The SMILES string of the molecule is CCCCN(CCNCC1CCCCC1)C(C)CC. The Bertz CT molecular complexity index is 199. The Morgan fingerprint density at radius 1 is 1.11 bits per heavy atom. The van der Waals surface area contributed by atoms with Crippen LogP contribution < -0.4 is 5.32 Å². The molecule has 0 bridgehead atoms. The van der Waals surface area contributed by atoms with E-state index in [2.05, 4.69) is 31.0 Å². The lowest BCUT2D eigenvalue weighted by molar-refractivity contribution is 0.199. The monoisotopic (exact) mass is 268 g/mol. The molecule has 1 aliphatic rings. The van der Waals surface area contributed by atoms with Crippen molar-refractivity contribution in [2.75, 3.05) is 26.2 Å². The normalized spacial score (nSPS) is 18.9. The topological polar surface area (TPSA) is 15.3 Å². The first-order valence-electron chi connectivity index (χ1n) is 8.72. The van der Waals surface area contributed by atoms with Gasteiger partial charge in [0.15, 0.2) is 0 Å². The molecule has 2 heteroatoms. The lowest BCUT2D eigenvalue weighted by Gasteiger charge is -2.29. The van der Waals surface area contributed by atoms with Crippen LogP contribution in [-0.4, -0.2) is 37.1 Å². The zero-order valence-corrected chi connectivity index (χ0v) is 13.6. The van der Waals surface area contributed by atoms with Crippen LogP contribution in [0, 0.1) is 5.92 Å². The molecule has 0 aromatic carbocycles. The van der Waals surface area contributed by atoms with Crippen molar-refractivity contribution < 1.29 is 0 Å². The van der Waals surface area contributed by atoms with E-state index in [4.69, 9.17) is 0 Å². The Labute approximate surface area is 121 Å². The highest BCUT2D eigenvalue weighted by Gasteiger charge is 2.14. The average Bonchev–Trinajstić information content (AvgIpc) is 2.47. The van der Waals surface area contributed by atoms with Gasteiger partial charge in [0.25, 0.3) is 0 Å². The van der Waals surface area contributed by atoms with Crippen molar-refractivity contribution in [2.45, 2.75) is 78.2 Å². The van der Waals surface area contributed by atoms with Crippen LogP contribution in [0.25, 0.3) is 0 Å². The number of nitrogens with one attached hydrogen (secondary N) is 1. The number of nitrogens with zero attached hydrogens (tertiary/aromatic N) is 1. The quantitative estimate of drug-likeness (QED) is 0.601. The molecule has 1 atom stereocenters. The summed E-state index contributed by atoms with van der Waals surface area (Å²) in [6, 6.07) is 0.739. The fraction of sp³-hybridized carbons (Fsp3) is 1.00. The first-order valence-corrected chi connectivity index (χ1v) is 8.72. The van der Waals surface area contributed by atoms with Crippen LogP contribution in [0.5, 0.6) is 0 Å². The van der Waals surface area contributed by atoms with Gasteiger partial charge in [0.2, 0.25) is 0 Å². The lowest BCUT2D eigenvalue weighted by Crippen LogP contribution is -2.39. The zero-order valence-electron chi connectivity index (χ0n) is 13.6. The second-order valence-electron chi connectivity index (χ2n) is 6.35. The summed E-state index contributed by atoms with van der Waals surface area (Å²) in [5, 5.41) is 3.70. The van der Waals surface area contributed by atoms with Crippen LogP contribution in [0.4, 0.5) is 0 Å². The van der Waals surface area contributed by atoms with Crippen LogP contribution >= 0.6 is 0 Å². The standard InChI is InChI=1S/C17H36N2/c1-4-6-13-19(16(3)5-2)14-12-18-15-17-10-8-7-9-11-17/h16-18H,4-15H2,1-3H3. The predicted molar refractivity (Wildman–Crippen MR) is 85.7 cm³/mol. The van der Waals surface area contributed by atoms with Gasteiger partial charge >= 0.3 is 0 Å². The van der Waals surface area contributed by atoms with Crippen molar-refractivity contribution in [2.24, 2.45) is 5.92 Å². The molecule has 114 valence electrons. The molecule has 1 aliphatic carbocycles. The minimum atomic E-state index is 0.739. The highest BCUT2D eigenvalue weighted by molar-refractivity contribution is 4.70. The van der Waals surface area contributed by atoms with Crippen molar-refractivity contribution in [1.82, 2.24) is 10.2 Å². The molecule has 0 aliphatic heterocycles. The van der Waals surface area contributed by atoms with Gasteiger partial charge in [-0.2, -0.15) is 0 Å². The third-order valence-electron chi connectivity index (χ3n) is 4.75. The molecule has 0 heterocycles. The predicted octanol–water partition coefficient (Wildman–Crippen LogP) is 4.06. The van der Waals surface area contributed by atoms with Gasteiger partial charge in [-0.25, -0.2) is 0 Å². The van der Waals surface area contributed by atoms with E-state index in [1.54, 1.807) is 0 Å². The first-order chi connectivity index (χ1) is 9.27. The second-order valence-corrected chi connectivity index (χ2v) is 6.35. The summed E-state index contributed by atoms with van der Waals surface area (Å²) in [7, 11) is 0. The molecule has 0 aromatic rings. The van der Waals surface area contributed by atoms with E-state index in [0.717, 1.165) is 12.0 Å². The van der Waals surface area contributed by atoms with E-state index >= 15 is 0 Å². The molecule has 0 radical (unpaired) electrons. The molecule has 1 N–H and O–H groups in total. The van der Waals surface area contributed by atoms with Crippen LogP contribution in [0.1, 0.15) is 72.1 Å². The van der Waals surface area contributed by atoms with E-state index < -0.39 is 0 Å². The van der Waals surface area contributed by atoms with Gasteiger partial charge in [0, 0.05) is 19.1 Å². The van der Waals surface area contributed by atoms with E-state index in [1.807, 2.05) is 0 Å². The number of hydrogen-bond acceptors (Lipinski definition) is 2. The highest BCUT2D eigenvalue weighted by Crippen LogP contribution is 2.22. The van der Waals surface area contributed by atoms with Gasteiger partial charge in [0.1, 0.15) is 0 Å². The zero-order chi connectivity index (χ0) is 13.9. The number of unbranched alkanes of at least 4 members (excludes halogenated alkanes) is 1. The summed E-state index contributed by atoms with van der Waals surface area (Å²) < 4.78 is 0. The maximum absolute atomic E-state index is 3.70. The Morgan fingerprint density at radius 3 is 2.47 bits per heavy atom. The summed E-state index contributed by atoms with van der Waals surface area (Å²) in [5.41, 5.74) is 0. The molecule has 2 nitrogen and oxygen atoms in total. The maximum atomic E-state index is 3.70. The van der Waals surface area contributed by atoms with Gasteiger partial charge in [-0.05, 0) is 51.6 Å². The molecule has 0 amide bonds. The van der Waals surface area contributed by atoms with Crippen molar-refractivity contribution in [3.05, 3.63) is 0 Å². The maximum Gasteiger partial charge on any atom is 0.0110 e. The van der Waals surface area contributed by atoms with Gasteiger partial charge in [-0.1, -0.05) is 39.5 Å². The molecule has 1 fully saturated rings. The van der Waals surface area contributed by atoms with Crippen LogP contribution in [0.3, 0.4) is 0 Å². The van der Waals surface area contributed by atoms with Crippen LogP contribution in [0.2, 0.25) is 0 Å². The summed E-state index contributed by atoms with van der Waals surface area (Å²) in [6.07, 6.45) is 11.2. The first kappa shape index (κ1) is 17.0. The van der Waals surface area contributed by atoms with Gasteiger partial charge < -0.3 is 5.32 Å². The summed E-state index contributed by atoms with van der Waals surface area (Å²) in [4.78, 5) is 2.66. The molecular weight excluding hydrogens is 232 g/mol. The van der Waals surface area contributed by atoms with E-state index in [1.165, 1.54) is 77.5 Å². The van der Waals surface area contributed by atoms with E-state index in [-0.39, 0.29) is 0 Å². The Hall–Kier alpha value is -0.0800. The Kier molecular flexibility index (Phi) is 9.54. The van der Waals surface area contributed by atoms with Crippen LogP contribution in [-0.2, 0) is 0 Å². The molecule has 1 unspecified atom stereocenters. The van der Waals surface area contributed by atoms with Crippen molar-refractivity contribution in [3.8, 4) is 0 Å². The molecular formula is C17H36N2. The lowest BCUT2D eigenvalue weighted by atomic mass is 9.89. The molecule has 0 spiro atoms. The fourth-order valence-corrected chi connectivity index (χ4v) is 3.09. The fourth-order valence-electron chi connectivity index (χ4n) is 3.09. The highest BCUT2D eigenvalue weighted by atomic mass is 15.2. The van der Waals surface area contributed by atoms with Gasteiger partial charge in [-0.3, -0.25) is 4.90 Å². The molecule has 0 saturated heterocycles. The van der Waals surface area contributed by atoms with Crippen molar-refractivity contribution >= 4 is 0 Å². The number of rotatable bonds is 10. The van der Waals surface area contributed by atoms with E-state index in [0.29, 0.717) is 0 Å². The van der Waals surface area contributed by atoms with Crippen molar-refractivity contribution in [1.29, 1.82) is 0 Å². The van der Waals surface area contributed by atoms with Crippen LogP contribution in [0.15, 0.2) is 0 Å². The Balaban J connectivity index is 2.12. The van der Waals surface area contributed by atoms with Gasteiger partial charge in [-0.15, -0.1) is 0 Å². The molecule has 1 rings (SSSR count).